The predicted molar refractivity (Wildman–Crippen MR) is 123 cm³/mol. The Labute approximate surface area is 189 Å². The molecule has 0 bridgehead atoms. The first-order valence-electron chi connectivity index (χ1n) is 9.67. The summed E-state index contributed by atoms with van der Waals surface area (Å²) in [6, 6.07) is 11.4. The Morgan fingerprint density at radius 1 is 1.16 bits per heavy atom. The molecule has 9 heteroatoms. The van der Waals surface area contributed by atoms with Gasteiger partial charge in [0.1, 0.15) is 12.4 Å². The summed E-state index contributed by atoms with van der Waals surface area (Å²) in [5.41, 5.74) is 2.13. The molecule has 2 aromatic carbocycles. The summed E-state index contributed by atoms with van der Waals surface area (Å²) in [5.74, 6) is -1.73. The third-order valence-corrected chi connectivity index (χ3v) is 5.90. The smallest absolute Gasteiger partial charge is 0.294 e. The summed E-state index contributed by atoms with van der Waals surface area (Å²) in [5, 5.41) is 1.84. The third-order valence-electron chi connectivity index (χ3n) is 4.70. The first-order valence-corrected chi connectivity index (χ1v) is 10.9. The van der Waals surface area contributed by atoms with Gasteiger partial charge in [-0.3, -0.25) is 19.3 Å². The van der Waals surface area contributed by atoms with E-state index in [1.165, 1.54) is 12.1 Å². The van der Waals surface area contributed by atoms with E-state index in [2.05, 4.69) is 24.1 Å². The minimum absolute atomic E-state index is 0.140. The van der Waals surface area contributed by atoms with Crippen LogP contribution in [0.3, 0.4) is 0 Å². The number of hydrogen-bond donors (Lipinski definition) is 1. The van der Waals surface area contributed by atoms with E-state index in [-0.39, 0.29) is 15.6 Å². The number of thioether (sulfide) groups is 1. The number of carbonyl (C=O) groups is 3. The maximum Gasteiger partial charge on any atom is 0.294 e. The largest absolute Gasteiger partial charge is 0.372 e. The monoisotopic (exact) mass is 461 g/mol. The van der Waals surface area contributed by atoms with Crippen LogP contribution >= 0.6 is 23.4 Å². The number of nitrogens with zero attached hydrogens (tertiary/aromatic N) is 2. The van der Waals surface area contributed by atoms with Gasteiger partial charge in [-0.05, 0) is 67.6 Å². The average Bonchev–Trinajstić information content (AvgIpc) is 3.00. The van der Waals surface area contributed by atoms with Gasteiger partial charge in [0, 0.05) is 24.5 Å². The second-order valence-electron chi connectivity index (χ2n) is 6.71. The second-order valence-corrected chi connectivity index (χ2v) is 8.11. The summed E-state index contributed by atoms with van der Waals surface area (Å²) in [6.45, 7) is 5.49. The summed E-state index contributed by atoms with van der Waals surface area (Å²) in [7, 11) is 0. The van der Waals surface area contributed by atoms with Crippen LogP contribution in [0.25, 0.3) is 6.08 Å². The van der Waals surface area contributed by atoms with Gasteiger partial charge in [-0.15, -0.1) is 0 Å². The van der Waals surface area contributed by atoms with Gasteiger partial charge in [-0.1, -0.05) is 23.7 Å². The topological polar surface area (TPSA) is 69.7 Å². The molecule has 1 N–H and O–H groups in total. The Bertz CT molecular complexity index is 1040. The Balaban J connectivity index is 1.67. The van der Waals surface area contributed by atoms with E-state index >= 15 is 0 Å². The van der Waals surface area contributed by atoms with E-state index < -0.39 is 29.4 Å². The molecule has 1 aliphatic heterocycles. The molecular formula is C22H21ClFN3O3S. The molecule has 0 unspecified atom stereocenters. The number of carbonyl (C=O) groups excluding carboxylic acids is 3. The number of imide groups is 1. The molecule has 31 heavy (non-hydrogen) atoms. The van der Waals surface area contributed by atoms with Crippen LogP contribution in [0.4, 0.5) is 20.6 Å². The minimum Gasteiger partial charge on any atom is -0.372 e. The van der Waals surface area contributed by atoms with Gasteiger partial charge in [0.05, 0.1) is 9.93 Å². The van der Waals surface area contributed by atoms with Crippen LogP contribution in [0.2, 0.25) is 5.02 Å². The summed E-state index contributed by atoms with van der Waals surface area (Å²) < 4.78 is 13.2. The SMILES string of the molecule is CCN(CC)c1ccc(/C=C2/SC(=O)N(CC(=O)Nc3ccc(F)c(Cl)c3)C2=O)cc1. The Morgan fingerprint density at radius 3 is 2.45 bits per heavy atom. The molecule has 1 aliphatic rings. The van der Waals surface area contributed by atoms with Gasteiger partial charge in [0.2, 0.25) is 5.91 Å². The molecule has 1 heterocycles. The molecule has 0 atom stereocenters. The molecule has 0 spiro atoms. The predicted octanol–water partition coefficient (Wildman–Crippen LogP) is 5.00. The summed E-state index contributed by atoms with van der Waals surface area (Å²) >= 11 is 6.48. The fourth-order valence-electron chi connectivity index (χ4n) is 3.08. The van der Waals surface area contributed by atoms with Crippen LogP contribution in [0.5, 0.6) is 0 Å². The van der Waals surface area contributed by atoms with E-state index in [1.807, 2.05) is 24.3 Å². The Hall–Kier alpha value is -2.84. The summed E-state index contributed by atoms with van der Waals surface area (Å²) in [6.07, 6.45) is 1.63. The zero-order chi connectivity index (χ0) is 22.5. The molecule has 0 aromatic heterocycles. The molecule has 3 amide bonds. The molecule has 162 valence electrons. The molecule has 0 aliphatic carbocycles. The van der Waals surface area contributed by atoms with E-state index in [0.717, 1.165) is 47.1 Å². The van der Waals surface area contributed by atoms with Crippen molar-refractivity contribution in [3.8, 4) is 0 Å². The lowest BCUT2D eigenvalue weighted by Crippen LogP contribution is -2.36. The highest BCUT2D eigenvalue weighted by Crippen LogP contribution is 2.32. The lowest BCUT2D eigenvalue weighted by atomic mass is 10.1. The highest BCUT2D eigenvalue weighted by Gasteiger charge is 2.36. The van der Waals surface area contributed by atoms with Crippen LogP contribution in [0.15, 0.2) is 47.4 Å². The standard InChI is InChI=1S/C22H21ClFN3O3S/c1-3-26(4-2)16-8-5-14(6-9-16)11-19-21(29)27(22(30)31-19)13-20(28)25-15-7-10-18(24)17(23)12-15/h5-12H,3-4,13H2,1-2H3,(H,25,28)/b19-11+. The highest BCUT2D eigenvalue weighted by atomic mass is 35.5. The van der Waals surface area contributed by atoms with Gasteiger partial charge >= 0.3 is 0 Å². The minimum atomic E-state index is -0.610. The van der Waals surface area contributed by atoms with E-state index in [0.29, 0.717) is 0 Å². The molecule has 6 nitrogen and oxygen atoms in total. The summed E-state index contributed by atoms with van der Waals surface area (Å²) in [4.78, 5) is 40.5. The number of nitrogens with one attached hydrogen (secondary N) is 1. The maximum atomic E-state index is 13.2. The average molecular weight is 462 g/mol. The van der Waals surface area contributed by atoms with Crippen LogP contribution in [-0.2, 0) is 9.59 Å². The normalized spacial score (nSPS) is 15.0. The molecular weight excluding hydrogens is 441 g/mol. The first kappa shape index (κ1) is 22.8. The van der Waals surface area contributed by atoms with Gasteiger partial charge < -0.3 is 10.2 Å². The van der Waals surface area contributed by atoms with Crippen molar-refractivity contribution in [2.75, 3.05) is 29.9 Å². The molecule has 1 saturated heterocycles. The number of anilines is 2. The van der Waals surface area contributed by atoms with Gasteiger partial charge in [-0.25, -0.2) is 4.39 Å². The van der Waals surface area contributed by atoms with E-state index in [1.54, 1.807) is 6.08 Å². The highest BCUT2D eigenvalue weighted by molar-refractivity contribution is 8.18. The molecule has 2 aromatic rings. The van der Waals surface area contributed by atoms with Crippen molar-refractivity contribution in [1.82, 2.24) is 4.90 Å². The lowest BCUT2D eigenvalue weighted by molar-refractivity contribution is -0.127. The van der Waals surface area contributed by atoms with Gasteiger partial charge in [0.15, 0.2) is 0 Å². The zero-order valence-electron chi connectivity index (χ0n) is 17.0. The molecule has 0 radical (unpaired) electrons. The zero-order valence-corrected chi connectivity index (χ0v) is 18.6. The van der Waals surface area contributed by atoms with Crippen molar-refractivity contribution >= 4 is 57.9 Å². The first-order chi connectivity index (χ1) is 14.8. The van der Waals surface area contributed by atoms with E-state index in [4.69, 9.17) is 11.6 Å². The van der Waals surface area contributed by atoms with Crippen molar-refractivity contribution in [1.29, 1.82) is 0 Å². The number of amides is 3. The van der Waals surface area contributed by atoms with Crippen LogP contribution < -0.4 is 10.2 Å². The van der Waals surface area contributed by atoms with Crippen molar-refractivity contribution in [2.45, 2.75) is 13.8 Å². The third kappa shape index (κ3) is 5.45. The van der Waals surface area contributed by atoms with Crippen molar-refractivity contribution in [2.24, 2.45) is 0 Å². The van der Waals surface area contributed by atoms with Gasteiger partial charge in [0.25, 0.3) is 11.1 Å². The van der Waals surface area contributed by atoms with Crippen LogP contribution in [-0.4, -0.2) is 41.6 Å². The quantitative estimate of drug-likeness (QED) is 0.587. The number of halogens is 2. The number of rotatable bonds is 7. The van der Waals surface area contributed by atoms with Crippen molar-refractivity contribution in [3.05, 3.63) is 63.8 Å². The van der Waals surface area contributed by atoms with Crippen LogP contribution in [0, 0.1) is 5.82 Å². The number of hydrogen-bond acceptors (Lipinski definition) is 5. The van der Waals surface area contributed by atoms with Crippen molar-refractivity contribution < 1.29 is 18.8 Å². The fraction of sp³-hybridized carbons (Fsp3) is 0.227. The molecule has 1 fully saturated rings. The Kier molecular flexibility index (Phi) is 7.35. The van der Waals surface area contributed by atoms with E-state index in [9.17, 15) is 18.8 Å². The second kappa shape index (κ2) is 9.98. The lowest BCUT2D eigenvalue weighted by Gasteiger charge is -2.20. The van der Waals surface area contributed by atoms with Gasteiger partial charge in [-0.2, -0.15) is 0 Å². The molecule has 3 rings (SSSR count). The Morgan fingerprint density at radius 2 is 1.84 bits per heavy atom. The molecule has 0 saturated carbocycles. The van der Waals surface area contributed by atoms with Crippen molar-refractivity contribution in [3.63, 3.8) is 0 Å². The fourth-order valence-corrected chi connectivity index (χ4v) is 4.09. The van der Waals surface area contributed by atoms with Crippen LogP contribution in [0.1, 0.15) is 19.4 Å². The maximum absolute atomic E-state index is 13.2. The number of benzene rings is 2.